The molecular weight excluding hydrogens is 575 g/mol. The largest absolute Gasteiger partial charge is 0.433 e. The lowest BCUT2D eigenvalue weighted by Crippen LogP contribution is -2.40. The summed E-state index contributed by atoms with van der Waals surface area (Å²) in [6, 6.07) is 16.8. The summed E-state index contributed by atoms with van der Waals surface area (Å²) >= 11 is 0. The molecule has 0 amide bonds. The normalized spacial score (nSPS) is 13.0. The van der Waals surface area contributed by atoms with Gasteiger partial charge in [-0.25, -0.2) is 0 Å². The SMILES string of the molecule is C=C/C=C(\C=C)CC(CNCc1ccccc1C(F)(F)F)(c1cccc(OC(C)(F)F)c1)c1cccc(OC(C)(F)F)c1. The summed E-state index contributed by atoms with van der Waals surface area (Å²) in [6.45, 7) is 8.46. The molecule has 0 bridgehead atoms. The molecule has 0 spiro atoms. The number of rotatable bonds is 14. The second-order valence-electron chi connectivity index (χ2n) is 10.1. The van der Waals surface area contributed by atoms with Crippen molar-refractivity contribution in [1.29, 1.82) is 0 Å². The molecule has 0 aliphatic carbocycles. The van der Waals surface area contributed by atoms with E-state index >= 15 is 0 Å². The zero-order chi connectivity index (χ0) is 31.9. The summed E-state index contributed by atoms with van der Waals surface area (Å²) in [5.41, 5.74) is -0.591. The second kappa shape index (κ2) is 13.5. The Hall–Kier alpha value is -4.05. The molecule has 3 nitrogen and oxygen atoms in total. The molecule has 230 valence electrons. The highest BCUT2D eigenvalue weighted by Crippen LogP contribution is 2.42. The first-order valence-electron chi connectivity index (χ1n) is 13.2. The van der Waals surface area contributed by atoms with E-state index in [0.29, 0.717) is 30.5 Å². The first kappa shape index (κ1) is 33.5. The molecule has 0 saturated heterocycles. The van der Waals surface area contributed by atoms with Gasteiger partial charge in [0.15, 0.2) is 0 Å². The number of alkyl halides is 7. The van der Waals surface area contributed by atoms with Crippen LogP contribution < -0.4 is 14.8 Å². The van der Waals surface area contributed by atoms with E-state index in [2.05, 4.69) is 18.5 Å². The fraction of sp³-hybridized carbons (Fsp3) is 0.273. The van der Waals surface area contributed by atoms with Gasteiger partial charge in [-0.15, -0.1) is 0 Å². The Kier molecular flexibility index (Phi) is 10.5. The van der Waals surface area contributed by atoms with E-state index in [1.165, 1.54) is 60.7 Å². The summed E-state index contributed by atoms with van der Waals surface area (Å²) in [5.74, 6) is -0.339. The Labute approximate surface area is 246 Å². The van der Waals surface area contributed by atoms with Gasteiger partial charge in [-0.1, -0.05) is 73.9 Å². The van der Waals surface area contributed by atoms with Crippen LogP contribution in [0.4, 0.5) is 30.7 Å². The number of ether oxygens (including phenoxy) is 2. The fourth-order valence-corrected chi connectivity index (χ4v) is 4.83. The van der Waals surface area contributed by atoms with Crippen molar-refractivity contribution < 1.29 is 40.2 Å². The lowest BCUT2D eigenvalue weighted by atomic mass is 9.70. The summed E-state index contributed by atoms with van der Waals surface area (Å²) < 4.78 is 106. The maximum atomic E-state index is 13.8. The Morgan fingerprint density at radius 3 is 1.77 bits per heavy atom. The fourth-order valence-electron chi connectivity index (χ4n) is 4.83. The van der Waals surface area contributed by atoms with E-state index in [4.69, 9.17) is 9.47 Å². The minimum Gasteiger partial charge on any atom is -0.433 e. The van der Waals surface area contributed by atoms with Crippen LogP contribution in [0.25, 0.3) is 0 Å². The van der Waals surface area contributed by atoms with Crippen molar-refractivity contribution in [2.24, 2.45) is 0 Å². The maximum absolute atomic E-state index is 13.8. The van der Waals surface area contributed by atoms with Gasteiger partial charge in [0.05, 0.1) is 5.56 Å². The van der Waals surface area contributed by atoms with Gasteiger partial charge in [0.2, 0.25) is 0 Å². The van der Waals surface area contributed by atoms with Crippen LogP contribution >= 0.6 is 0 Å². The minimum absolute atomic E-state index is 0.0140. The van der Waals surface area contributed by atoms with E-state index < -0.39 is 29.4 Å². The second-order valence-corrected chi connectivity index (χ2v) is 10.1. The predicted molar refractivity (Wildman–Crippen MR) is 152 cm³/mol. The zero-order valence-electron chi connectivity index (χ0n) is 23.7. The first-order chi connectivity index (χ1) is 20.1. The molecule has 0 atom stereocenters. The molecule has 0 aliphatic rings. The molecule has 43 heavy (non-hydrogen) atoms. The highest BCUT2D eigenvalue weighted by Gasteiger charge is 2.37. The number of halogens is 7. The lowest BCUT2D eigenvalue weighted by Gasteiger charge is -2.37. The van der Waals surface area contributed by atoms with Gasteiger partial charge < -0.3 is 14.8 Å². The monoisotopic (exact) mass is 607 g/mol. The number of benzene rings is 3. The van der Waals surface area contributed by atoms with Gasteiger partial charge >= 0.3 is 18.4 Å². The van der Waals surface area contributed by atoms with Gasteiger partial charge in [-0.3, -0.25) is 0 Å². The molecule has 1 N–H and O–H groups in total. The lowest BCUT2D eigenvalue weighted by molar-refractivity contribution is -0.159. The van der Waals surface area contributed by atoms with Crippen molar-refractivity contribution >= 4 is 0 Å². The number of allylic oxidation sites excluding steroid dienone is 4. The summed E-state index contributed by atoms with van der Waals surface area (Å²) in [4.78, 5) is 0. The molecule has 0 aliphatic heterocycles. The predicted octanol–water partition coefficient (Wildman–Crippen LogP) is 9.45. The highest BCUT2D eigenvalue weighted by molar-refractivity contribution is 5.48. The summed E-state index contributed by atoms with van der Waals surface area (Å²) in [5, 5.41) is 3.09. The van der Waals surface area contributed by atoms with Crippen LogP contribution in [-0.2, 0) is 18.1 Å². The minimum atomic E-state index is -4.59. The maximum Gasteiger partial charge on any atom is 0.416 e. The van der Waals surface area contributed by atoms with Crippen LogP contribution in [0.5, 0.6) is 11.5 Å². The van der Waals surface area contributed by atoms with E-state index in [0.717, 1.165) is 6.07 Å². The molecule has 10 heteroatoms. The van der Waals surface area contributed by atoms with Crippen molar-refractivity contribution in [3.8, 4) is 11.5 Å². The Balaban J connectivity index is 2.22. The number of hydrogen-bond acceptors (Lipinski definition) is 3. The van der Waals surface area contributed by atoms with Gasteiger partial charge in [0.1, 0.15) is 11.5 Å². The van der Waals surface area contributed by atoms with Crippen molar-refractivity contribution in [2.75, 3.05) is 6.54 Å². The highest BCUT2D eigenvalue weighted by atomic mass is 19.4. The number of hydrogen-bond donors (Lipinski definition) is 1. The van der Waals surface area contributed by atoms with Crippen LogP contribution in [0.1, 0.15) is 42.5 Å². The molecule has 3 aromatic carbocycles. The van der Waals surface area contributed by atoms with Crippen molar-refractivity contribution in [3.05, 3.63) is 132 Å². The van der Waals surface area contributed by atoms with E-state index in [1.807, 2.05) is 0 Å². The van der Waals surface area contributed by atoms with E-state index in [-0.39, 0.29) is 36.6 Å². The van der Waals surface area contributed by atoms with Gasteiger partial charge in [0, 0.05) is 32.4 Å². The molecule has 3 aromatic rings. The molecule has 0 aromatic heterocycles. The molecule has 0 heterocycles. The third kappa shape index (κ3) is 9.47. The quantitative estimate of drug-likeness (QED) is 0.146. The Bertz CT molecular complexity index is 1380. The third-order valence-electron chi connectivity index (χ3n) is 6.53. The van der Waals surface area contributed by atoms with Crippen LogP contribution in [0.3, 0.4) is 0 Å². The molecule has 0 fully saturated rings. The molecule has 0 radical (unpaired) electrons. The Morgan fingerprint density at radius 2 is 1.30 bits per heavy atom. The van der Waals surface area contributed by atoms with E-state index in [1.54, 1.807) is 24.3 Å². The van der Waals surface area contributed by atoms with Crippen molar-refractivity contribution in [2.45, 2.75) is 50.6 Å². The average Bonchev–Trinajstić information content (AvgIpc) is 2.90. The van der Waals surface area contributed by atoms with E-state index in [9.17, 15) is 30.7 Å². The summed E-state index contributed by atoms with van der Waals surface area (Å²) in [7, 11) is 0. The van der Waals surface area contributed by atoms with Crippen LogP contribution in [0, 0.1) is 0 Å². The topological polar surface area (TPSA) is 30.5 Å². The molecular formula is C33H32F7NO2. The molecule has 0 saturated carbocycles. The van der Waals surface area contributed by atoms with Crippen molar-refractivity contribution in [1.82, 2.24) is 5.32 Å². The van der Waals surface area contributed by atoms with Gasteiger partial charge in [-0.05, 0) is 59.0 Å². The van der Waals surface area contributed by atoms with Crippen molar-refractivity contribution in [3.63, 3.8) is 0 Å². The van der Waals surface area contributed by atoms with Gasteiger partial charge in [-0.2, -0.15) is 30.7 Å². The first-order valence-corrected chi connectivity index (χ1v) is 13.2. The molecule has 3 rings (SSSR count). The zero-order valence-corrected chi connectivity index (χ0v) is 23.7. The van der Waals surface area contributed by atoms with Crippen LogP contribution in [-0.4, -0.2) is 18.8 Å². The summed E-state index contributed by atoms with van der Waals surface area (Å²) in [6.07, 6.45) is -6.74. The third-order valence-corrected chi connectivity index (χ3v) is 6.53. The molecule has 0 unspecified atom stereocenters. The Morgan fingerprint density at radius 1 is 0.767 bits per heavy atom. The van der Waals surface area contributed by atoms with Gasteiger partial charge in [0.25, 0.3) is 0 Å². The number of nitrogens with one attached hydrogen (secondary N) is 1. The van der Waals surface area contributed by atoms with Crippen LogP contribution in [0.15, 0.2) is 110 Å². The average molecular weight is 608 g/mol. The smallest absolute Gasteiger partial charge is 0.416 e. The standard InChI is InChI=1S/C33H32F7NO2/c1-5-11-23(6-2)20-32(25-13-9-15-27(18-25)42-30(3,34)35,26-14-10-16-28(19-26)43-31(4,36)37)22-41-21-24-12-7-8-17-29(24)33(38,39)40/h5-19,41H,1-2,20-22H2,3-4H3/b23-11+. The van der Waals surface area contributed by atoms with Crippen LogP contribution in [0.2, 0.25) is 0 Å².